The molecule has 0 aliphatic carbocycles. The van der Waals surface area contributed by atoms with Crippen LogP contribution in [0.1, 0.15) is 48.7 Å². The number of nitrogens with one attached hydrogen (secondary N) is 1. The molecule has 23 heavy (non-hydrogen) atoms. The van der Waals surface area contributed by atoms with Gasteiger partial charge >= 0.3 is 12.1 Å². The van der Waals surface area contributed by atoms with E-state index in [-0.39, 0.29) is 5.97 Å². The normalized spacial score (nSPS) is 10.3. The molecule has 0 saturated heterocycles. The van der Waals surface area contributed by atoms with Crippen LogP contribution in [0.5, 0.6) is 0 Å². The molecular formula is C18H23NO4. The lowest BCUT2D eigenvalue weighted by molar-refractivity contribution is 0.0527. The highest BCUT2D eigenvalue weighted by Gasteiger charge is 2.15. The molecule has 124 valence electrons. The van der Waals surface area contributed by atoms with E-state index in [0.29, 0.717) is 18.5 Å². The van der Waals surface area contributed by atoms with Crippen molar-refractivity contribution in [3.8, 4) is 11.8 Å². The second kappa shape index (κ2) is 8.23. The predicted molar refractivity (Wildman–Crippen MR) is 88.3 cm³/mol. The molecule has 1 N–H and O–H groups in total. The zero-order valence-electron chi connectivity index (χ0n) is 14.3. The summed E-state index contributed by atoms with van der Waals surface area (Å²) in [6.45, 7) is 7.67. The largest absolute Gasteiger partial charge is 0.465 e. The molecule has 1 aromatic carbocycles. The minimum Gasteiger partial charge on any atom is -0.465 e. The minimum absolute atomic E-state index is 0.377. The van der Waals surface area contributed by atoms with Crippen LogP contribution in [0.25, 0.3) is 0 Å². The second-order valence-electron chi connectivity index (χ2n) is 6.00. The number of benzene rings is 1. The van der Waals surface area contributed by atoms with Gasteiger partial charge < -0.3 is 14.8 Å². The summed E-state index contributed by atoms with van der Waals surface area (Å²) in [4.78, 5) is 23.1. The highest BCUT2D eigenvalue weighted by atomic mass is 16.6. The summed E-state index contributed by atoms with van der Waals surface area (Å²) < 4.78 is 9.85. The Hall–Kier alpha value is -2.48. The highest BCUT2D eigenvalue weighted by Crippen LogP contribution is 2.11. The van der Waals surface area contributed by atoms with Crippen molar-refractivity contribution >= 4 is 12.1 Å². The van der Waals surface area contributed by atoms with Crippen molar-refractivity contribution < 1.29 is 19.1 Å². The van der Waals surface area contributed by atoms with Crippen LogP contribution in [0.2, 0.25) is 0 Å². The first kappa shape index (κ1) is 18.6. The smallest absolute Gasteiger partial charge is 0.407 e. The van der Waals surface area contributed by atoms with Gasteiger partial charge in [0, 0.05) is 18.5 Å². The molecule has 0 aliphatic heterocycles. The maximum absolute atomic E-state index is 11.6. The highest BCUT2D eigenvalue weighted by molar-refractivity contribution is 5.91. The van der Waals surface area contributed by atoms with Gasteiger partial charge in [-0.2, -0.15) is 0 Å². The Labute approximate surface area is 137 Å². The number of ether oxygens (including phenoxy) is 2. The Morgan fingerprint density at radius 3 is 2.57 bits per heavy atom. The molecule has 0 fully saturated rings. The molecule has 5 heteroatoms. The van der Waals surface area contributed by atoms with Gasteiger partial charge in [-0.15, -0.1) is 0 Å². The van der Waals surface area contributed by atoms with Gasteiger partial charge in [0.1, 0.15) is 5.60 Å². The number of esters is 1. The van der Waals surface area contributed by atoms with Crippen molar-refractivity contribution in [1.82, 2.24) is 5.32 Å². The number of hydrogen-bond acceptors (Lipinski definition) is 4. The molecule has 0 saturated carbocycles. The predicted octanol–water partition coefficient (Wildman–Crippen LogP) is 3.05. The Morgan fingerprint density at radius 2 is 1.96 bits per heavy atom. The van der Waals surface area contributed by atoms with E-state index in [1.54, 1.807) is 6.07 Å². The zero-order chi connectivity index (χ0) is 17.5. The SMILES string of the molecule is COC(=O)c1cc(C#CCCNC(=O)OC(C)(C)C)ccc1C. The number of hydrogen-bond donors (Lipinski definition) is 1. The van der Waals surface area contributed by atoms with Crippen molar-refractivity contribution in [2.45, 2.75) is 39.7 Å². The first-order chi connectivity index (χ1) is 10.7. The fourth-order valence-corrected chi connectivity index (χ4v) is 1.74. The summed E-state index contributed by atoms with van der Waals surface area (Å²) in [7, 11) is 1.35. The van der Waals surface area contributed by atoms with Crippen molar-refractivity contribution in [3.63, 3.8) is 0 Å². The van der Waals surface area contributed by atoms with Crippen LogP contribution >= 0.6 is 0 Å². The van der Waals surface area contributed by atoms with Crippen LogP contribution in [-0.2, 0) is 9.47 Å². The molecule has 0 unspecified atom stereocenters. The van der Waals surface area contributed by atoms with Gasteiger partial charge in [0.15, 0.2) is 0 Å². The Morgan fingerprint density at radius 1 is 1.26 bits per heavy atom. The Bertz CT molecular complexity index is 633. The van der Waals surface area contributed by atoms with Gasteiger partial charge in [-0.05, 0) is 45.4 Å². The van der Waals surface area contributed by atoms with Crippen molar-refractivity contribution in [3.05, 3.63) is 34.9 Å². The maximum atomic E-state index is 11.6. The van der Waals surface area contributed by atoms with Crippen LogP contribution in [0.15, 0.2) is 18.2 Å². The third-order valence-electron chi connectivity index (χ3n) is 2.79. The summed E-state index contributed by atoms with van der Waals surface area (Å²) in [6.07, 6.45) is 0.0309. The fourth-order valence-electron chi connectivity index (χ4n) is 1.74. The maximum Gasteiger partial charge on any atom is 0.407 e. The van der Waals surface area contributed by atoms with Gasteiger partial charge in [0.25, 0.3) is 0 Å². The van der Waals surface area contributed by atoms with Crippen LogP contribution < -0.4 is 5.32 Å². The standard InChI is InChI=1S/C18H23NO4/c1-13-9-10-14(12-15(13)16(20)22-5)8-6-7-11-19-17(21)23-18(2,3)4/h9-10,12H,7,11H2,1-5H3,(H,19,21). The minimum atomic E-state index is -0.512. The quantitative estimate of drug-likeness (QED) is 0.529. The Kier molecular flexibility index (Phi) is 6.65. The topological polar surface area (TPSA) is 64.6 Å². The molecule has 1 rings (SSSR count). The van der Waals surface area contributed by atoms with E-state index in [2.05, 4.69) is 17.2 Å². The first-order valence-corrected chi connectivity index (χ1v) is 7.37. The van der Waals surface area contributed by atoms with E-state index in [4.69, 9.17) is 9.47 Å². The number of aryl methyl sites for hydroxylation is 1. The van der Waals surface area contributed by atoms with E-state index < -0.39 is 11.7 Å². The van der Waals surface area contributed by atoms with Crippen LogP contribution in [0.3, 0.4) is 0 Å². The van der Waals surface area contributed by atoms with Gasteiger partial charge in [-0.3, -0.25) is 0 Å². The Balaban J connectivity index is 2.54. The summed E-state index contributed by atoms with van der Waals surface area (Å²) in [5, 5.41) is 2.64. The molecule has 0 aromatic heterocycles. The van der Waals surface area contributed by atoms with Crippen LogP contribution in [0.4, 0.5) is 4.79 Å². The van der Waals surface area contributed by atoms with Gasteiger partial charge in [-0.25, -0.2) is 9.59 Å². The van der Waals surface area contributed by atoms with Crippen LogP contribution in [0, 0.1) is 18.8 Å². The second-order valence-corrected chi connectivity index (χ2v) is 6.00. The van der Waals surface area contributed by atoms with E-state index in [9.17, 15) is 9.59 Å². The summed E-state index contributed by atoms with van der Waals surface area (Å²) in [5.74, 6) is 5.54. The molecule has 0 radical (unpaired) electrons. The lowest BCUT2D eigenvalue weighted by atomic mass is 10.1. The molecule has 0 atom stereocenters. The first-order valence-electron chi connectivity index (χ1n) is 7.37. The molecule has 0 bridgehead atoms. The van der Waals surface area contributed by atoms with E-state index in [0.717, 1.165) is 11.1 Å². The molecule has 1 amide bonds. The number of carbonyl (C=O) groups is 2. The average Bonchev–Trinajstić information content (AvgIpc) is 2.45. The van der Waals surface area contributed by atoms with Crippen molar-refractivity contribution in [2.24, 2.45) is 0 Å². The summed E-state index contributed by atoms with van der Waals surface area (Å²) in [5.41, 5.74) is 1.57. The van der Waals surface area contributed by atoms with E-state index in [1.807, 2.05) is 39.8 Å². The van der Waals surface area contributed by atoms with Gasteiger partial charge in [-0.1, -0.05) is 17.9 Å². The van der Waals surface area contributed by atoms with Crippen molar-refractivity contribution in [1.29, 1.82) is 0 Å². The van der Waals surface area contributed by atoms with Crippen LogP contribution in [-0.4, -0.2) is 31.3 Å². The molecular weight excluding hydrogens is 294 g/mol. The number of methoxy groups -OCH3 is 1. The van der Waals surface area contributed by atoms with E-state index in [1.165, 1.54) is 7.11 Å². The number of carbonyl (C=O) groups excluding carboxylic acids is 2. The monoisotopic (exact) mass is 317 g/mol. The molecule has 0 aliphatic rings. The van der Waals surface area contributed by atoms with Gasteiger partial charge in [0.2, 0.25) is 0 Å². The molecule has 1 aromatic rings. The fraction of sp³-hybridized carbons (Fsp3) is 0.444. The van der Waals surface area contributed by atoms with Crippen molar-refractivity contribution in [2.75, 3.05) is 13.7 Å². The lowest BCUT2D eigenvalue weighted by Crippen LogP contribution is -2.32. The summed E-state index contributed by atoms with van der Waals surface area (Å²) >= 11 is 0. The third-order valence-corrected chi connectivity index (χ3v) is 2.79. The third kappa shape index (κ3) is 6.88. The number of amides is 1. The number of alkyl carbamates (subject to hydrolysis) is 1. The number of rotatable bonds is 3. The lowest BCUT2D eigenvalue weighted by Gasteiger charge is -2.19. The molecule has 0 heterocycles. The molecule has 0 spiro atoms. The summed E-state index contributed by atoms with van der Waals surface area (Å²) in [6, 6.07) is 5.38. The molecule has 5 nitrogen and oxygen atoms in total. The zero-order valence-corrected chi connectivity index (χ0v) is 14.3. The van der Waals surface area contributed by atoms with Gasteiger partial charge in [0.05, 0.1) is 12.7 Å². The van der Waals surface area contributed by atoms with E-state index >= 15 is 0 Å². The average molecular weight is 317 g/mol.